The highest BCUT2D eigenvalue weighted by Gasteiger charge is 2.29. The van der Waals surface area contributed by atoms with Crippen LogP contribution >= 0.6 is 0 Å². The molecule has 0 aliphatic carbocycles. The van der Waals surface area contributed by atoms with Gasteiger partial charge in [0.2, 0.25) is 0 Å². The summed E-state index contributed by atoms with van der Waals surface area (Å²) in [6.45, 7) is 3.65. The molecule has 0 bridgehead atoms. The van der Waals surface area contributed by atoms with Crippen molar-refractivity contribution < 1.29 is 9.21 Å². The lowest BCUT2D eigenvalue weighted by molar-refractivity contribution is 0.0791. The Kier molecular flexibility index (Phi) is 3.81. The highest BCUT2D eigenvalue weighted by molar-refractivity contribution is 6.06. The van der Waals surface area contributed by atoms with Crippen LogP contribution in [0, 0.1) is 0 Å². The first kappa shape index (κ1) is 14.9. The molecule has 0 N–H and O–H groups in total. The third-order valence-corrected chi connectivity index (χ3v) is 4.93. The molecule has 4 rings (SSSR count). The summed E-state index contributed by atoms with van der Waals surface area (Å²) >= 11 is 0. The Morgan fingerprint density at radius 1 is 1.29 bits per heavy atom. The van der Waals surface area contributed by atoms with Gasteiger partial charge in [-0.1, -0.05) is 13.0 Å². The zero-order valence-electron chi connectivity index (χ0n) is 13.7. The van der Waals surface area contributed by atoms with Crippen LogP contribution in [0.1, 0.15) is 40.7 Å². The van der Waals surface area contributed by atoms with E-state index < -0.39 is 0 Å². The van der Waals surface area contributed by atoms with Crippen molar-refractivity contribution in [3.05, 3.63) is 65.7 Å². The quantitative estimate of drug-likeness (QED) is 0.732. The Bertz CT molecular complexity index is 870. The number of likely N-dealkylation sites (tertiary alicyclic amines) is 1. The standard InChI is InChI=1S/C20H20N2O2/c1-2-14-3-4-19-17(11-14)18(13-24-19)20(23)22-10-7-16(12-22)15-5-8-21-9-6-15/h3-6,8-9,11,13,16H,2,7,10,12H2,1H3/t16-/m1/s1. The molecule has 0 unspecified atom stereocenters. The molecule has 1 aliphatic rings. The molecule has 1 aliphatic heterocycles. The van der Waals surface area contributed by atoms with Crippen molar-refractivity contribution in [1.82, 2.24) is 9.88 Å². The summed E-state index contributed by atoms with van der Waals surface area (Å²) < 4.78 is 5.58. The van der Waals surface area contributed by atoms with Crippen LogP contribution in [0.15, 0.2) is 53.4 Å². The largest absolute Gasteiger partial charge is 0.463 e. The summed E-state index contributed by atoms with van der Waals surface area (Å²) in [5.74, 6) is 0.458. The zero-order valence-corrected chi connectivity index (χ0v) is 13.7. The van der Waals surface area contributed by atoms with E-state index in [2.05, 4.69) is 24.0 Å². The minimum absolute atomic E-state index is 0.0681. The molecular weight excluding hydrogens is 300 g/mol. The van der Waals surface area contributed by atoms with E-state index >= 15 is 0 Å². The maximum Gasteiger partial charge on any atom is 0.257 e. The van der Waals surface area contributed by atoms with Gasteiger partial charge in [0.05, 0.1) is 5.56 Å². The number of pyridine rings is 1. The Labute approximate surface area is 141 Å². The Hall–Kier alpha value is -2.62. The lowest BCUT2D eigenvalue weighted by atomic mass is 10.00. The fourth-order valence-corrected chi connectivity index (χ4v) is 3.48. The summed E-state index contributed by atoms with van der Waals surface area (Å²) in [7, 11) is 0. The smallest absolute Gasteiger partial charge is 0.257 e. The zero-order chi connectivity index (χ0) is 16.5. The number of hydrogen-bond donors (Lipinski definition) is 0. The lowest BCUT2D eigenvalue weighted by Crippen LogP contribution is -2.28. The van der Waals surface area contributed by atoms with Gasteiger partial charge < -0.3 is 9.32 Å². The first-order valence-electron chi connectivity index (χ1n) is 8.45. The molecule has 3 heterocycles. The molecule has 3 aromatic rings. The summed E-state index contributed by atoms with van der Waals surface area (Å²) in [5.41, 5.74) is 3.93. The summed E-state index contributed by atoms with van der Waals surface area (Å²) in [4.78, 5) is 19.0. The van der Waals surface area contributed by atoms with E-state index in [1.807, 2.05) is 35.5 Å². The fraction of sp³-hybridized carbons (Fsp3) is 0.300. The molecule has 24 heavy (non-hydrogen) atoms. The summed E-state index contributed by atoms with van der Waals surface area (Å²) in [6, 6.07) is 10.2. The van der Waals surface area contributed by atoms with Crippen LogP contribution in [0.2, 0.25) is 0 Å². The molecule has 4 heteroatoms. The predicted molar refractivity (Wildman–Crippen MR) is 93.1 cm³/mol. The number of hydrogen-bond acceptors (Lipinski definition) is 3. The second-order valence-corrected chi connectivity index (χ2v) is 6.35. The highest BCUT2D eigenvalue weighted by atomic mass is 16.3. The van der Waals surface area contributed by atoms with Gasteiger partial charge in [0, 0.05) is 36.8 Å². The van der Waals surface area contributed by atoms with Crippen LogP contribution in [0.4, 0.5) is 0 Å². The number of benzene rings is 1. The molecule has 2 aromatic heterocycles. The van der Waals surface area contributed by atoms with Gasteiger partial charge in [-0.05, 0) is 48.2 Å². The predicted octanol–water partition coefficient (Wildman–Crippen LogP) is 4.02. The van der Waals surface area contributed by atoms with E-state index in [0.29, 0.717) is 11.5 Å². The Balaban J connectivity index is 1.58. The van der Waals surface area contributed by atoms with E-state index in [4.69, 9.17) is 4.42 Å². The molecule has 1 saturated heterocycles. The van der Waals surface area contributed by atoms with Crippen molar-refractivity contribution in [1.29, 1.82) is 0 Å². The minimum atomic E-state index is 0.0681. The van der Waals surface area contributed by atoms with E-state index in [9.17, 15) is 4.79 Å². The molecule has 1 amide bonds. The third kappa shape index (κ3) is 2.58. The van der Waals surface area contributed by atoms with Crippen LogP contribution < -0.4 is 0 Å². The number of rotatable bonds is 3. The number of amides is 1. The average molecular weight is 320 g/mol. The number of carbonyl (C=O) groups is 1. The average Bonchev–Trinajstić information content (AvgIpc) is 3.28. The Morgan fingerprint density at radius 2 is 2.12 bits per heavy atom. The first-order chi connectivity index (χ1) is 11.8. The molecule has 122 valence electrons. The molecular formula is C20H20N2O2. The molecule has 4 nitrogen and oxygen atoms in total. The number of fused-ring (bicyclic) bond motifs is 1. The number of aryl methyl sites for hydroxylation is 1. The van der Waals surface area contributed by atoms with E-state index in [1.165, 1.54) is 11.1 Å². The topological polar surface area (TPSA) is 46.3 Å². The maximum atomic E-state index is 13.0. The number of furan rings is 1. The van der Waals surface area contributed by atoms with Crippen LogP contribution in [0.5, 0.6) is 0 Å². The van der Waals surface area contributed by atoms with Gasteiger partial charge in [0.25, 0.3) is 5.91 Å². The van der Waals surface area contributed by atoms with Crippen LogP contribution in [0.3, 0.4) is 0 Å². The van der Waals surface area contributed by atoms with E-state index in [-0.39, 0.29) is 5.91 Å². The van der Waals surface area contributed by atoms with Crippen molar-refractivity contribution in [3.63, 3.8) is 0 Å². The minimum Gasteiger partial charge on any atom is -0.463 e. The second-order valence-electron chi connectivity index (χ2n) is 6.35. The normalized spacial score (nSPS) is 17.5. The van der Waals surface area contributed by atoms with Crippen LogP contribution in [-0.2, 0) is 6.42 Å². The highest BCUT2D eigenvalue weighted by Crippen LogP contribution is 2.30. The number of carbonyl (C=O) groups excluding carboxylic acids is 1. The summed E-state index contributed by atoms with van der Waals surface area (Å²) in [5, 5.41) is 0.923. The molecule has 0 saturated carbocycles. The van der Waals surface area contributed by atoms with Crippen molar-refractivity contribution in [2.75, 3.05) is 13.1 Å². The Morgan fingerprint density at radius 3 is 2.92 bits per heavy atom. The number of aromatic nitrogens is 1. The molecule has 1 fully saturated rings. The lowest BCUT2D eigenvalue weighted by Gasteiger charge is -2.16. The van der Waals surface area contributed by atoms with Crippen molar-refractivity contribution in [2.24, 2.45) is 0 Å². The van der Waals surface area contributed by atoms with Gasteiger partial charge in [-0.15, -0.1) is 0 Å². The van der Waals surface area contributed by atoms with Crippen molar-refractivity contribution in [2.45, 2.75) is 25.7 Å². The monoisotopic (exact) mass is 320 g/mol. The van der Waals surface area contributed by atoms with Crippen molar-refractivity contribution >= 4 is 16.9 Å². The second kappa shape index (κ2) is 6.11. The molecule has 1 aromatic carbocycles. The fourth-order valence-electron chi connectivity index (χ4n) is 3.48. The maximum absolute atomic E-state index is 13.0. The number of nitrogens with zero attached hydrogens (tertiary/aromatic N) is 2. The van der Waals surface area contributed by atoms with Crippen LogP contribution in [-0.4, -0.2) is 28.9 Å². The van der Waals surface area contributed by atoms with Gasteiger partial charge in [-0.25, -0.2) is 0 Å². The van der Waals surface area contributed by atoms with Crippen molar-refractivity contribution in [3.8, 4) is 0 Å². The SMILES string of the molecule is CCc1ccc2occ(C(=O)N3CC[C@@H](c4ccncc4)C3)c2c1. The van der Waals surface area contributed by atoms with Gasteiger partial charge in [0.15, 0.2) is 0 Å². The molecule has 0 radical (unpaired) electrons. The van der Waals surface area contributed by atoms with E-state index in [1.54, 1.807) is 6.26 Å². The molecule has 0 spiro atoms. The van der Waals surface area contributed by atoms with Gasteiger partial charge in [-0.2, -0.15) is 0 Å². The summed E-state index contributed by atoms with van der Waals surface area (Å²) in [6.07, 6.45) is 7.17. The van der Waals surface area contributed by atoms with Gasteiger partial charge >= 0.3 is 0 Å². The first-order valence-corrected chi connectivity index (χ1v) is 8.45. The van der Waals surface area contributed by atoms with Crippen LogP contribution in [0.25, 0.3) is 11.0 Å². The third-order valence-electron chi connectivity index (χ3n) is 4.93. The molecule has 1 atom stereocenters. The van der Waals surface area contributed by atoms with E-state index in [0.717, 1.165) is 36.9 Å². The van der Waals surface area contributed by atoms with Gasteiger partial charge in [-0.3, -0.25) is 9.78 Å². The van der Waals surface area contributed by atoms with Gasteiger partial charge in [0.1, 0.15) is 11.8 Å².